The monoisotopic (exact) mass is 556 g/mol. The minimum atomic E-state index is -4.29. The van der Waals surface area contributed by atoms with E-state index in [0.717, 1.165) is 35.8 Å². The summed E-state index contributed by atoms with van der Waals surface area (Å²) in [6.45, 7) is 0.0457. The van der Waals surface area contributed by atoms with Gasteiger partial charge in [-0.1, -0.05) is 11.6 Å². The summed E-state index contributed by atoms with van der Waals surface area (Å²) in [4.78, 5) is 31.4. The number of thiophene rings is 1. The number of hydrogen-bond donors (Lipinski definition) is 1. The van der Waals surface area contributed by atoms with Crippen molar-refractivity contribution in [3.63, 3.8) is 0 Å². The molecule has 1 unspecified atom stereocenters. The first kappa shape index (κ1) is 28.4. The van der Waals surface area contributed by atoms with E-state index < -0.39 is 40.0 Å². The summed E-state index contributed by atoms with van der Waals surface area (Å²) in [5, 5.41) is 0. The molecule has 3 rings (SSSR count). The highest BCUT2D eigenvalue weighted by Crippen LogP contribution is 2.32. The van der Waals surface area contributed by atoms with Crippen molar-refractivity contribution in [3.8, 4) is 0 Å². The van der Waals surface area contributed by atoms with Gasteiger partial charge in [0.1, 0.15) is 28.7 Å². The van der Waals surface area contributed by atoms with E-state index in [0.29, 0.717) is 36.7 Å². The second-order valence-electron chi connectivity index (χ2n) is 7.18. The van der Waals surface area contributed by atoms with Crippen molar-refractivity contribution in [2.75, 3.05) is 30.5 Å². The molecule has 1 fully saturated rings. The summed E-state index contributed by atoms with van der Waals surface area (Å²) in [7, 11) is -2.87. The van der Waals surface area contributed by atoms with Crippen LogP contribution in [-0.2, 0) is 19.6 Å². The number of nitrogens with zero attached hydrogens (tertiary/aromatic N) is 2. The van der Waals surface area contributed by atoms with Crippen molar-refractivity contribution in [2.45, 2.75) is 23.5 Å². The number of sulfonamides is 1. The molecule has 2 heterocycles. The van der Waals surface area contributed by atoms with Crippen LogP contribution in [0.2, 0.25) is 4.34 Å². The van der Waals surface area contributed by atoms with E-state index in [4.69, 9.17) is 21.2 Å². The molecule has 2 aromatic rings. The Morgan fingerprint density at radius 1 is 1.26 bits per heavy atom. The Morgan fingerprint density at radius 2 is 1.94 bits per heavy atom. The minimum absolute atomic E-state index is 0.158. The van der Waals surface area contributed by atoms with Gasteiger partial charge in [0.25, 0.3) is 10.0 Å². The van der Waals surface area contributed by atoms with Crippen LogP contribution in [0.4, 0.5) is 19.3 Å². The fourth-order valence-corrected chi connectivity index (χ4v) is 6.43. The largest absolute Gasteiger partial charge is 0.447 e. The molecule has 1 aliphatic rings. The lowest BCUT2D eigenvalue weighted by Gasteiger charge is -2.31. The smallest absolute Gasteiger partial charge is 0.409 e. The molecule has 0 saturated carbocycles. The average Bonchev–Trinajstić information content (AvgIpc) is 3.27. The van der Waals surface area contributed by atoms with Crippen molar-refractivity contribution < 1.29 is 36.4 Å². The number of carbonyl (C=O) groups is 2. The van der Waals surface area contributed by atoms with Crippen molar-refractivity contribution in [1.82, 2.24) is 4.90 Å². The number of hydrogen-bond acceptors (Lipinski definition) is 7. The molecule has 0 bridgehead atoms. The Bertz CT molecular complexity index is 1080. The lowest BCUT2D eigenvalue weighted by atomic mass is 9.94. The SMILES string of the molecule is O=CCC1CCN(C(=O)OCCN(c2cc(F)ccc2F)S(=O)(=O)c2ccc(Cl)s2)CC1.OP. The second-order valence-corrected chi connectivity index (χ2v) is 11.0. The highest BCUT2D eigenvalue weighted by molar-refractivity contribution is 7.94. The summed E-state index contributed by atoms with van der Waals surface area (Å²) in [5.74, 6) is -1.53. The van der Waals surface area contributed by atoms with E-state index in [1.165, 1.54) is 26.5 Å². The second kappa shape index (κ2) is 13.3. The fraction of sp³-hybridized carbons (Fsp3) is 0.400. The van der Waals surface area contributed by atoms with E-state index in [-0.39, 0.29) is 21.1 Å². The number of benzene rings is 1. The zero-order valence-electron chi connectivity index (χ0n) is 17.9. The first-order chi connectivity index (χ1) is 16.2. The summed E-state index contributed by atoms with van der Waals surface area (Å²) in [5.41, 5.74) is -0.500. The normalized spacial score (nSPS) is 14.2. The fourth-order valence-electron chi connectivity index (χ4n) is 3.39. The van der Waals surface area contributed by atoms with Crippen LogP contribution < -0.4 is 4.31 Å². The number of carbonyl (C=O) groups excluding carboxylic acids is 2. The van der Waals surface area contributed by atoms with Crippen molar-refractivity contribution in [1.29, 1.82) is 0 Å². The molecule has 1 atom stereocenters. The van der Waals surface area contributed by atoms with E-state index in [1.54, 1.807) is 0 Å². The third-order valence-corrected chi connectivity index (χ3v) is 8.60. The maximum atomic E-state index is 14.4. The Labute approximate surface area is 207 Å². The van der Waals surface area contributed by atoms with Gasteiger partial charge in [-0.05, 0) is 52.5 Å². The number of amides is 1. The van der Waals surface area contributed by atoms with Gasteiger partial charge in [0.05, 0.1) is 16.6 Å². The predicted molar refractivity (Wildman–Crippen MR) is 128 cm³/mol. The number of anilines is 1. The van der Waals surface area contributed by atoms with Gasteiger partial charge < -0.3 is 19.3 Å². The molecule has 0 aliphatic carbocycles. The van der Waals surface area contributed by atoms with Crippen LogP contribution in [0.1, 0.15) is 19.3 Å². The van der Waals surface area contributed by atoms with Crippen LogP contribution >= 0.6 is 32.4 Å². The Morgan fingerprint density at radius 3 is 2.53 bits per heavy atom. The average molecular weight is 557 g/mol. The molecule has 8 nitrogen and oxygen atoms in total. The minimum Gasteiger partial charge on any atom is -0.447 e. The van der Waals surface area contributed by atoms with Gasteiger partial charge in [0.15, 0.2) is 0 Å². The maximum absolute atomic E-state index is 14.4. The van der Waals surface area contributed by atoms with Crippen LogP contribution in [0, 0.1) is 17.6 Å². The van der Waals surface area contributed by atoms with Gasteiger partial charge in [-0.25, -0.2) is 22.0 Å². The Kier molecular flexibility index (Phi) is 11.1. The third-order valence-electron chi connectivity index (χ3n) is 5.09. The molecule has 188 valence electrons. The van der Waals surface area contributed by atoms with Crippen molar-refractivity contribution in [3.05, 3.63) is 46.3 Å². The molecular formula is C20H24ClF2N2O6PS2. The highest BCUT2D eigenvalue weighted by Gasteiger charge is 2.30. The first-order valence-electron chi connectivity index (χ1n) is 10.1. The van der Waals surface area contributed by atoms with Crippen LogP contribution in [0.25, 0.3) is 0 Å². The number of ether oxygens (including phenoxy) is 1. The van der Waals surface area contributed by atoms with Crippen molar-refractivity contribution >= 4 is 60.5 Å². The highest BCUT2D eigenvalue weighted by atomic mass is 35.5. The topological polar surface area (TPSA) is 104 Å². The van der Waals surface area contributed by atoms with Crippen LogP contribution in [0.3, 0.4) is 0 Å². The molecule has 0 radical (unpaired) electrons. The van der Waals surface area contributed by atoms with E-state index in [1.807, 2.05) is 0 Å². The number of piperidine rings is 1. The lowest BCUT2D eigenvalue weighted by Crippen LogP contribution is -2.40. The maximum Gasteiger partial charge on any atom is 0.409 e. The van der Waals surface area contributed by atoms with Gasteiger partial charge in [0, 0.05) is 25.6 Å². The molecule has 1 aromatic carbocycles. The predicted octanol–water partition coefficient (Wildman–Crippen LogP) is 4.08. The molecule has 1 saturated heterocycles. The van der Waals surface area contributed by atoms with Crippen molar-refractivity contribution in [2.24, 2.45) is 5.92 Å². The summed E-state index contributed by atoms with van der Waals surface area (Å²) in [6, 6.07) is 5.11. The third kappa shape index (κ3) is 7.32. The summed E-state index contributed by atoms with van der Waals surface area (Å²) >= 11 is 6.62. The number of halogens is 3. The zero-order valence-corrected chi connectivity index (χ0v) is 21.4. The quantitative estimate of drug-likeness (QED) is 0.388. The number of rotatable bonds is 8. The summed E-state index contributed by atoms with van der Waals surface area (Å²) in [6.07, 6.45) is 2.01. The number of aldehydes is 1. The van der Waals surface area contributed by atoms with Crippen LogP contribution in [-0.4, -0.2) is 56.8 Å². The Balaban J connectivity index is 0.00000199. The van der Waals surface area contributed by atoms with Gasteiger partial charge in [-0.3, -0.25) is 4.31 Å². The molecule has 1 aromatic heterocycles. The lowest BCUT2D eigenvalue weighted by molar-refractivity contribution is -0.108. The van der Waals surface area contributed by atoms with E-state index in [9.17, 15) is 26.8 Å². The molecule has 0 spiro atoms. The zero-order chi connectivity index (χ0) is 25.3. The molecule has 1 N–H and O–H groups in total. The van der Waals surface area contributed by atoms with Gasteiger partial charge in [-0.2, -0.15) is 0 Å². The molecule has 1 amide bonds. The van der Waals surface area contributed by atoms with Gasteiger partial charge >= 0.3 is 6.09 Å². The van der Waals surface area contributed by atoms with E-state index >= 15 is 0 Å². The van der Waals surface area contributed by atoms with Gasteiger partial charge in [0.2, 0.25) is 0 Å². The first-order valence-corrected chi connectivity index (χ1v) is 13.2. The van der Waals surface area contributed by atoms with Crippen LogP contribution in [0.15, 0.2) is 34.5 Å². The number of likely N-dealkylation sites (tertiary alicyclic amines) is 1. The molecule has 1 aliphatic heterocycles. The summed E-state index contributed by atoms with van der Waals surface area (Å²) < 4.78 is 60.3. The van der Waals surface area contributed by atoms with E-state index in [2.05, 4.69) is 0 Å². The Hall–Kier alpha value is -1.85. The molecular weight excluding hydrogens is 533 g/mol. The molecule has 34 heavy (non-hydrogen) atoms. The standard InChI is InChI=1S/C20H21ClF2N2O5S2.H3OP/c21-18-3-4-19(31-18)32(28,29)25(17-13-15(22)1-2-16(17)23)10-12-30-20(27)24-8-5-14(6-9-24)7-11-26;1-2/h1-4,11,13-14H,5-10,12H2;1H,2H2. The van der Waals surface area contributed by atoms with Gasteiger partial charge in [-0.15, -0.1) is 11.3 Å². The molecule has 14 heteroatoms. The van der Waals surface area contributed by atoms with Crippen LogP contribution in [0.5, 0.6) is 0 Å².